The standard InChI is InChI=1S/C21H23BrN4O3/c1-14-5-7-15(8-6-14)20(28)25-11-12-26(19(25)18(27)24-10-9-23)21(29)16-3-2-4-17(22)13-16/h2-8,13,19H,9-12,23H2,1H3,(H,24,27). The fourth-order valence-electron chi connectivity index (χ4n) is 3.27. The van der Waals surface area contributed by atoms with Gasteiger partial charge in [0, 0.05) is 41.8 Å². The highest BCUT2D eigenvalue weighted by Gasteiger charge is 2.43. The Kier molecular flexibility index (Phi) is 6.66. The smallest absolute Gasteiger partial charge is 0.263 e. The Labute approximate surface area is 178 Å². The predicted octanol–water partition coefficient (Wildman–Crippen LogP) is 1.76. The summed E-state index contributed by atoms with van der Waals surface area (Å²) in [6.07, 6.45) is -1.03. The Balaban J connectivity index is 1.90. The van der Waals surface area contributed by atoms with Crippen molar-refractivity contribution >= 4 is 33.7 Å². The first-order valence-corrected chi connectivity index (χ1v) is 10.1. The van der Waals surface area contributed by atoms with Gasteiger partial charge in [-0.1, -0.05) is 39.7 Å². The van der Waals surface area contributed by atoms with Crippen molar-refractivity contribution in [2.75, 3.05) is 26.2 Å². The van der Waals surface area contributed by atoms with Crippen molar-refractivity contribution in [3.8, 4) is 0 Å². The second kappa shape index (κ2) is 9.19. The number of benzene rings is 2. The lowest BCUT2D eigenvalue weighted by Gasteiger charge is -2.29. The summed E-state index contributed by atoms with van der Waals surface area (Å²) >= 11 is 3.36. The fraction of sp³-hybridized carbons (Fsp3) is 0.286. The number of aryl methyl sites for hydroxylation is 1. The number of hydrogen-bond acceptors (Lipinski definition) is 4. The number of nitrogens with zero attached hydrogens (tertiary/aromatic N) is 2. The molecule has 1 saturated heterocycles. The van der Waals surface area contributed by atoms with E-state index >= 15 is 0 Å². The van der Waals surface area contributed by atoms with E-state index in [4.69, 9.17) is 5.73 Å². The summed E-state index contributed by atoms with van der Waals surface area (Å²) in [5.41, 5.74) is 7.45. The van der Waals surface area contributed by atoms with Crippen LogP contribution in [0.5, 0.6) is 0 Å². The molecule has 3 N–H and O–H groups in total. The molecule has 3 amide bonds. The molecular formula is C21H23BrN4O3. The molecule has 1 aliphatic rings. The molecule has 29 heavy (non-hydrogen) atoms. The molecule has 1 heterocycles. The van der Waals surface area contributed by atoms with Gasteiger partial charge in [0.2, 0.25) is 0 Å². The van der Waals surface area contributed by atoms with Gasteiger partial charge in [0.05, 0.1) is 0 Å². The molecule has 8 heteroatoms. The van der Waals surface area contributed by atoms with E-state index in [9.17, 15) is 14.4 Å². The van der Waals surface area contributed by atoms with Crippen molar-refractivity contribution in [2.24, 2.45) is 5.73 Å². The van der Waals surface area contributed by atoms with Crippen LogP contribution in [0.1, 0.15) is 26.3 Å². The van der Waals surface area contributed by atoms with E-state index in [-0.39, 0.29) is 38.0 Å². The third-order valence-corrected chi connectivity index (χ3v) is 5.24. The zero-order valence-electron chi connectivity index (χ0n) is 16.1. The number of nitrogens with one attached hydrogen (secondary N) is 1. The number of amides is 3. The molecule has 3 rings (SSSR count). The molecule has 0 spiro atoms. The Morgan fingerprint density at radius 2 is 1.66 bits per heavy atom. The van der Waals surface area contributed by atoms with Crippen molar-refractivity contribution in [3.05, 3.63) is 69.7 Å². The van der Waals surface area contributed by atoms with Crippen LogP contribution in [0.15, 0.2) is 53.0 Å². The Hall–Kier alpha value is -2.71. The molecule has 1 unspecified atom stereocenters. The minimum Gasteiger partial charge on any atom is -0.351 e. The summed E-state index contributed by atoms with van der Waals surface area (Å²) in [7, 11) is 0. The zero-order valence-corrected chi connectivity index (χ0v) is 17.7. The summed E-state index contributed by atoms with van der Waals surface area (Å²) in [6, 6.07) is 14.1. The first-order chi connectivity index (χ1) is 13.9. The lowest BCUT2D eigenvalue weighted by atomic mass is 10.1. The molecule has 0 bridgehead atoms. The van der Waals surface area contributed by atoms with Gasteiger partial charge in [0.15, 0.2) is 6.17 Å². The molecule has 0 saturated carbocycles. The van der Waals surface area contributed by atoms with Gasteiger partial charge in [-0.05, 0) is 37.3 Å². The van der Waals surface area contributed by atoms with Crippen LogP contribution in [0.3, 0.4) is 0 Å². The second-order valence-electron chi connectivity index (χ2n) is 6.83. The maximum Gasteiger partial charge on any atom is 0.263 e. The number of carbonyl (C=O) groups excluding carboxylic acids is 3. The van der Waals surface area contributed by atoms with Gasteiger partial charge in [-0.2, -0.15) is 0 Å². The van der Waals surface area contributed by atoms with E-state index in [1.165, 1.54) is 9.80 Å². The van der Waals surface area contributed by atoms with Crippen molar-refractivity contribution in [1.29, 1.82) is 0 Å². The van der Waals surface area contributed by atoms with Crippen molar-refractivity contribution in [1.82, 2.24) is 15.1 Å². The molecule has 2 aromatic rings. The van der Waals surface area contributed by atoms with E-state index in [0.717, 1.165) is 10.0 Å². The maximum atomic E-state index is 13.1. The van der Waals surface area contributed by atoms with Gasteiger partial charge in [-0.3, -0.25) is 14.4 Å². The van der Waals surface area contributed by atoms with Crippen LogP contribution in [0.2, 0.25) is 0 Å². The van der Waals surface area contributed by atoms with Gasteiger partial charge < -0.3 is 20.9 Å². The maximum absolute atomic E-state index is 13.1. The van der Waals surface area contributed by atoms with Crippen LogP contribution in [-0.4, -0.2) is 59.9 Å². The molecule has 0 aromatic heterocycles. The Morgan fingerprint density at radius 1 is 1.03 bits per heavy atom. The molecule has 7 nitrogen and oxygen atoms in total. The summed E-state index contributed by atoms with van der Waals surface area (Å²) in [5.74, 6) is -1.02. The van der Waals surface area contributed by atoms with E-state index in [0.29, 0.717) is 11.1 Å². The largest absolute Gasteiger partial charge is 0.351 e. The molecule has 1 fully saturated rings. The Bertz CT molecular complexity index is 916. The van der Waals surface area contributed by atoms with Crippen molar-refractivity contribution < 1.29 is 14.4 Å². The third kappa shape index (κ3) is 4.65. The van der Waals surface area contributed by atoms with Gasteiger partial charge in [0.1, 0.15) is 0 Å². The SMILES string of the molecule is Cc1ccc(C(=O)N2CCN(C(=O)c3cccc(Br)c3)C2C(=O)NCCN)cc1. The first-order valence-electron chi connectivity index (χ1n) is 9.34. The average molecular weight is 459 g/mol. The highest BCUT2D eigenvalue weighted by molar-refractivity contribution is 9.10. The third-order valence-electron chi connectivity index (χ3n) is 4.74. The first kappa shape index (κ1) is 21.0. The normalized spacial score (nSPS) is 16.0. The molecule has 1 atom stereocenters. The Morgan fingerprint density at radius 3 is 2.24 bits per heavy atom. The monoisotopic (exact) mass is 458 g/mol. The number of rotatable bonds is 5. The van der Waals surface area contributed by atoms with E-state index in [2.05, 4.69) is 21.2 Å². The van der Waals surface area contributed by atoms with Crippen LogP contribution in [0.4, 0.5) is 0 Å². The number of halogens is 1. The lowest BCUT2D eigenvalue weighted by Crippen LogP contribution is -2.54. The van der Waals surface area contributed by atoms with Gasteiger partial charge in [-0.25, -0.2) is 0 Å². The van der Waals surface area contributed by atoms with Crippen LogP contribution < -0.4 is 11.1 Å². The van der Waals surface area contributed by atoms with E-state index in [1.807, 2.05) is 25.1 Å². The molecular weight excluding hydrogens is 436 g/mol. The molecule has 2 aromatic carbocycles. The fourth-order valence-corrected chi connectivity index (χ4v) is 3.67. The van der Waals surface area contributed by atoms with E-state index < -0.39 is 12.1 Å². The highest BCUT2D eigenvalue weighted by Crippen LogP contribution is 2.22. The zero-order chi connectivity index (χ0) is 21.0. The van der Waals surface area contributed by atoms with Gasteiger partial charge in [-0.15, -0.1) is 0 Å². The summed E-state index contributed by atoms with van der Waals surface area (Å²) in [5, 5.41) is 2.71. The minimum absolute atomic E-state index is 0.265. The number of hydrogen-bond donors (Lipinski definition) is 2. The predicted molar refractivity (Wildman–Crippen MR) is 113 cm³/mol. The lowest BCUT2D eigenvalue weighted by molar-refractivity contribution is -0.128. The second-order valence-corrected chi connectivity index (χ2v) is 7.74. The average Bonchev–Trinajstić information content (AvgIpc) is 3.16. The minimum atomic E-state index is -1.03. The van der Waals surface area contributed by atoms with Crippen LogP contribution in [-0.2, 0) is 4.79 Å². The van der Waals surface area contributed by atoms with Crippen LogP contribution in [0, 0.1) is 6.92 Å². The topological polar surface area (TPSA) is 95.7 Å². The van der Waals surface area contributed by atoms with Crippen LogP contribution >= 0.6 is 15.9 Å². The number of nitrogens with two attached hydrogens (primary N) is 1. The molecule has 152 valence electrons. The summed E-state index contributed by atoms with van der Waals surface area (Å²) in [6.45, 7) is 3.01. The molecule has 0 radical (unpaired) electrons. The van der Waals surface area contributed by atoms with Gasteiger partial charge in [0.25, 0.3) is 17.7 Å². The summed E-state index contributed by atoms with van der Waals surface area (Å²) in [4.78, 5) is 41.9. The molecule has 0 aliphatic carbocycles. The van der Waals surface area contributed by atoms with Crippen LogP contribution in [0.25, 0.3) is 0 Å². The summed E-state index contributed by atoms with van der Waals surface area (Å²) < 4.78 is 0.763. The van der Waals surface area contributed by atoms with E-state index in [1.54, 1.807) is 30.3 Å². The van der Waals surface area contributed by atoms with Crippen molar-refractivity contribution in [2.45, 2.75) is 13.1 Å². The number of carbonyl (C=O) groups is 3. The van der Waals surface area contributed by atoms with Gasteiger partial charge >= 0.3 is 0 Å². The quantitative estimate of drug-likeness (QED) is 0.713. The van der Waals surface area contributed by atoms with Crippen molar-refractivity contribution in [3.63, 3.8) is 0 Å². The highest BCUT2D eigenvalue weighted by atomic mass is 79.9. The molecule has 1 aliphatic heterocycles.